The molecule has 1 saturated heterocycles. The van der Waals surface area contributed by atoms with E-state index in [4.69, 9.17) is 4.74 Å². The maximum absolute atomic E-state index is 13.4. The van der Waals surface area contributed by atoms with E-state index in [1.54, 1.807) is 54.6 Å². The zero-order chi connectivity index (χ0) is 24.0. The Bertz CT molecular complexity index is 1300. The molecule has 0 saturated carbocycles. The van der Waals surface area contributed by atoms with E-state index < -0.39 is 23.4 Å². The van der Waals surface area contributed by atoms with Crippen LogP contribution in [-0.4, -0.2) is 22.9 Å². The molecular formula is C25H21BrFN3O4. The molecular weight excluding hydrogens is 505 g/mol. The monoisotopic (exact) mass is 525 g/mol. The molecule has 0 aliphatic carbocycles. The first-order valence-corrected chi connectivity index (χ1v) is 11.6. The molecule has 2 aliphatic rings. The molecule has 0 bridgehead atoms. The number of anilines is 1. The third-order valence-electron chi connectivity index (χ3n) is 6.59. The zero-order valence-corrected chi connectivity index (χ0v) is 19.7. The number of amides is 1. The Morgan fingerprint density at radius 2 is 1.94 bits per heavy atom. The molecule has 174 valence electrons. The van der Waals surface area contributed by atoms with Crippen molar-refractivity contribution in [3.63, 3.8) is 0 Å². The van der Waals surface area contributed by atoms with Crippen LogP contribution in [0.2, 0.25) is 0 Å². The maximum Gasteiger partial charge on any atom is 0.256 e. The fourth-order valence-electron chi connectivity index (χ4n) is 5.18. The van der Waals surface area contributed by atoms with Crippen LogP contribution in [0.3, 0.4) is 0 Å². The van der Waals surface area contributed by atoms with Crippen molar-refractivity contribution in [2.75, 3.05) is 5.32 Å². The number of nitro groups is 1. The van der Waals surface area contributed by atoms with E-state index in [0.29, 0.717) is 32.6 Å². The summed E-state index contributed by atoms with van der Waals surface area (Å²) in [5.74, 6) is -0.794. The number of para-hydroxylation sites is 1. The van der Waals surface area contributed by atoms with E-state index in [-0.39, 0.29) is 23.4 Å². The molecule has 0 radical (unpaired) electrons. The number of fused-ring (bicyclic) bond motifs is 2. The highest BCUT2D eigenvalue weighted by atomic mass is 79.9. The smallest absolute Gasteiger partial charge is 0.256 e. The number of hydrogen-bond acceptors (Lipinski definition) is 5. The number of carbonyl (C=O) groups excluding carboxylic acids is 1. The number of carbonyl (C=O) groups is 1. The van der Waals surface area contributed by atoms with Gasteiger partial charge >= 0.3 is 0 Å². The highest BCUT2D eigenvalue weighted by Crippen LogP contribution is 2.50. The molecule has 0 unspecified atom stereocenters. The molecule has 2 aliphatic heterocycles. The van der Waals surface area contributed by atoms with Crippen LogP contribution in [0.1, 0.15) is 29.5 Å². The summed E-state index contributed by atoms with van der Waals surface area (Å²) < 4.78 is 19.9. The van der Waals surface area contributed by atoms with Gasteiger partial charge in [-0.1, -0.05) is 36.4 Å². The lowest BCUT2D eigenvalue weighted by atomic mass is 9.78. The Morgan fingerprint density at radius 3 is 2.68 bits per heavy atom. The number of nitrogens with zero attached hydrogens (tertiary/aromatic N) is 1. The molecule has 1 spiro atoms. The first kappa shape index (κ1) is 22.5. The topological polar surface area (TPSA) is 93.5 Å². The van der Waals surface area contributed by atoms with Crippen LogP contribution in [0, 0.1) is 15.9 Å². The molecule has 3 aromatic carbocycles. The summed E-state index contributed by atoms with van der Waals surface area (Å²) in [6.07, 6.45) is 0. The van der Waals surface area contributed by atoms with Crippen LogP contribution >= 0.6 is 15.9 Å². The van der Waals surface area contributed by atoms with Gasteiger partial charge in [-0.3, -0.25) is 20.2 Å². The third-order valence-corrected chi connectivity index (χ3v) is 7.21. The highest BCUT2D eigenvalue weighted by Gasteiger charge is 2.67. The molecule has 4 atom stereocenters. The largest absolute Gasteiger partial charge is 0.488 e. The van der Waals surface area contributed by atoms with Crippen LogP contribution in [-0.2, 0) is 16.9 Å². The Kier molecular flexibility index (Phi) is 5.61. The molecule has 7 nitrogen and oxygen atoms in total. The van der Waals surface area contributed by atoms with Gasteiger partial charge < -0.3 is 10.1 Å². The third kappa shape index (κ3) is 3.56. The van der Waals surface area contributed by atoms with Gasteiger partial charge in [-0.15, -0.1) is 0 Å². The Hall–Kier alpha value is -3.30. The van der Waals surface area contributed by atoms with Gasteiger partial charge in [0.25, 0.3) is 11.9 Å². The van der Waals surface area contributed by atoms with Crippen molar-refractivity contribution in [1.29, 1.82) is 0 Å². The van der Waals surface area contributed by atoms with Gasteiger partial charge in [0, 0.05) is 22.2 Å². The second-order valence-corrected chi connectivity index (χ2v) is 9.46. The second kappa shape index (κ2) is 8.48. The average molecular weight is 526 g/mol. The van der Waals surface area contributed by atoms with Gasteiger partial charge in [-0.2, -0.15) is 0 Å². The van der Waals surface area contributed by atoms with Gasteiger partial charge in [-0.05, 0) is 64.3 Å². The van der Waals surface area contributed by atoms with Gasteiger partial charge in [-0.25, -0.2) is 4.39 Å². The van der Waals surface area contributed by atoms with Crippen LogP contribution in [0.4, 0.5) is 10.1 Å². The lowest BCUT2D eigenvalue weighted by Gasteiger charge is -2.25. The molecule has 5 rings (SSSR count). The van der Waals surface area contributed by atoms with E-state index in [9.17, 15) is 19.3 Å². The average Bonchev–Trinajstić information content (AvgIpc) is 3.27. The summed E-state index contributed by atoms with van der Waals surface area (Å²) in [5, 5.41) is 18.5. The maximum atomic E-state index is 13.4. The first-order valence-electron chi connectivity index (χ1n) is 10.8. The number of nitrogens with one attached hydrogen (secondary N) is 2. The van der Waals surface area contributed by atoms with Crippen molar-refractivity contribution in [3.05, 3.63) is 104 Å². The fourth-order valence-corrected chi connectivity index (χ4v) is 5.69. The van der Waals surface area contributed by atoms with Crippen LogP contribution in [0.5, 0.6) is 5.75 Å². The Labute approximate surface area is 203 Å². The molecule has 1 amide bonds. The van der Waals surface area contributed by atoms with Crippen molar-refractivity contribution in [2.24, 2.45) is 0 Å². The van der Waals surface area contributed by atoms with Gasteiger partial charge in [0.1, 0.15) is 18.2 Å². The molecule has 2 N–H and O–H groups in total. The van der Waals surface area contributed by atoms with Gasteiger partial charge in [0.2, 0.25) is 0 Å². The summed E-state index contributed by atoms with van der Waals surface area (Å²) in [4.78, 5) is 25.2. The standard InChI is InChI=1S/C25H21BrFN3O4/c1-14-22(16-9-10-21(19(26)12-16)34-13-15-5-4-6-17(27)11-15)23(30(32)33)25(29-14)18-7-2-3-8-20(18)28-24(25)31/h2-12,14,22-23,29H,13H2,1H3,(H,28,31)/t14-,22+,23+,25-/m0/s1. The molecule has 0 aromatic heterocycles. The van der Waals surface area contributed by atoms with Crippen LogP contribution < -0.4 is 15.4 Å². The predicted molar refractivity (Wildman–Crippen MR) is 128 cm³/mol. The molecule has 1 fully saturated rings. The highest BCUT2D eigenvalue weighted by molar-refractivity contribution is 9.10. The Balaban J connectivity index is 1.47. The minimum atomic E-state index is -1.46. The first-order chi connectivity index (χ1) is 16.3. The van der Waals surface area contributed by atoms with E-state index in [1.165, 1.54) is 12.1 Å². The minimum Gasteiger partial charge on any atom is -0.488 e. The molecule has 9 heteroatoms. The number of hydrogen-bond donors (Lipinski definition) is 2. The lowest BCUT2D eigenvalue weighted by molar-refractivity contribution is -0.532. The van der Waals surface area contributed by atoms with Crippen molar-refractivity contribution < 1.29 is 18.8 Å². The zero-order valence-electron chi connectivity index (χ0n) is 18.1. The number of rotatable bonds is 5. The van der Waals surface area contributed by atoms with Crippen molar-refractivity contribution in [2.45, 2.75) is 37.1 Å². The van der Waals surface area contributed by atoms with Crippen LogP contribution in [0.25, 0.3) is 0 Å². The predicted octanol–water partition coefficient (Wildman–Crippen LogP) is 4.74. The fraction of sp³-hybridized carbons (Fsp3) is 0.240. The van der Waals surface area contributed by atoms with Crippen LogP contribution in [0.15, 0.2) is 71.2 Å². The van der Waals surface area contributed by atoms with E-state index in [2.05, 4.69) is 26.6 Å². The lowest BCUT2D eigenvalue weighted by Crippen LogP contribution is -2.54. The Morgan fingerprint density at radius 1 is 1.15 bits per heavy atom. The molecule has 2 heterocycles. The number of ether oxygens (including phenoxy) is 1. The summed E-state index contributed by atoms with van der Waals surface area (Å²) in [5.41, 5.74) is 1.11. The van der Waals surface area contributed by atoms with Gasteiger partial charge in [0.15, 0.2) is 5.54 Å². The van der Waals surface area contributed by atoms with E-state index in [0.717, 1.165) is 0 Å². The molecule has 3 aromatic rings. The second-order valence-electron chi connectivity index (χ2n) is 8.61. The summed E-state index contributed by atoms with van der Waals surface area (Å²) in [7, 11) is 0. The van der Waals surface area contributed by atoms with E-state index in [1.807, 2.05) is 6.92 Å². The number of halogens is 2. The van der Waals surface area contributed by atoms with Crippen molar-refractivity contribution in [3.8, 4) is 5.75 Å². The minimum absolute atomic E-state index is 0.175. The van der Waals surface area contributed by atoms with E-state index >= 15 is 0 Å². The summed E-state index contributed by atoms with van der Waals surface area (Å²) in [6, 6.07) is 17.0. The SMILES string of the molecule is C[C@@H]1N[C@]2(C(=O)Nc3ccccc32)[C@H]([N+](=O)[O-])[C@H]1c1ccc(OCc2cccc(F)c2)c(Br)c1. The quantitative estimate of drug-likeness (QED) is 0.370. The molecule has 34 heavy (non-hydrogen) atoms. The summed E-state index contributed by atoms with van der Waals surface area (Å²) in [6.45, 7) is 2.03. The van der Waals surface area contributed by atoms with Gasteiger partial charge in [0.05, 0.1) is 10.4 Å². The number of benzene rings is 3. The summed E-state index contributed by atoms with van der Waals surface area (Å²) >= 11 is 3.50. The van der Waals surface area contributed by atoms with Crippen molar-refractivity contribution in [1.82, 2.24) is 5.32 Å². The normalized spacial score (nSPS) is 25.3. The van der Waals surface area contributed by atoms with Crippen molar-refractivity contribution >= 4 is 27.5 Å².